The summed E-state index contributed by atoms with van der Waals surface area (Å²) in [7, 11) is 0. The van der Waals surface area contributed by atoms with Crippen LogP contribution in [0.5, 0.6) is 0 Å². The molecule has 1 unspecified atom stereocenters. The average Bonchev–Trinajstić information content (AvgIpc) is 2.02. The number of carbonyl (C=O) groups excluding carboxylic acids is 2. The molecule has 0 aromatic carbocycles. The van der Waals surface area contributed by atoms with E-state index in [0.29, 0.717) is 0 Å². The SMILES string of the molecule is CC.CC1C=NC(=O)NC1=O. The van der Waals surface area contributed by atoms with Crippen LogP contribution in [0.3, 0.4) is 0 Å². The summed E-state index contributed by atoms with van der Waals surface area (Å²) in [6.07, 6.45) is 1.33. The minimum Gasteiger partial charge on any atom is -0.276 e. The van der Waals surface area contributed by atoms with Gasteiger partial charge < -0.3 is 0 Å². The van der Waals surface area contributed by atoms with Crippen molar-refractivity contribution in [2.75, 3.05) is 0 Å². The fourth-order valence-electron chi connectivity index (χ4n) is 0.499. The molecule has 0 spiro atoms. The highest BCUT2D eigenvalue weighted by molar-refractivity contribution is 6.08. The zero-order valence-electron chi connectivity index (χ0n) is 6.92. The Labute approximate surface area is 65.7 Å². The third-order valence-corrected chi connectivity index (χ3v) is 1.06. The molecule has 0 saturated carbocycles. The quantitative estimate of drug-likeness (QED) is 0.568. The van der Waals surface area contributed by atoms with Crippen molar-refractivity contribution in [1.82, 2.24) is 5.32 Å². The first-order valence-corrected chi connectivity index (χ1v) is 3.59. The van der Waals surface area contributed by atoms with E-state index in [1.165, 1.54) is 6.21 Å². The summed E-state index contributed by atoms with van der Waals surface area (Å²) in [5.41, 5.74) is 0. The van der Waals surface area contributed by atoms with Gasteiger partial charge in [-0.2, -0.15) is 0 Å². The molecule has 1 aliphatic rings. The average molecular weight is 156 g/mol. The number of nitrogens with one attached hydrogen (secondary N) is 1. The van der Waals surface area contributed by atoms with E-state index >= 15 is 0 Å². The molecule has 1 aliphatic heterocycles. The van der Waals surface area contributed by atoms with E-state index < -0.39 is 6.03 Å². The molecule has 0 fully saturated rings. The fourth-order valence-corrected chi connectivity index (χ4v) is 0.499. The molecule has 0 saturated heterocycles. The molecule has 3 amide bonds. The van der Waals surface area contributed by atoms with Crippen LogP contribution < -0.4 is 5.32 Å². The maximum Gasteiger partial charge on any atom is 0.347 e. The molecular formula is C7H12N2O2. The van der Waals surface area contributed by atoms with E-state index in [-0.39, 0.29) is 11.8 Å². The van der Waals surface area contributed by atoms with Crippen LogP contribution in [-0.4, -0.2) is 18.2 Å². The molecule has 1 rings (SSSR count). The van der Waals surface area contributed by atoms with Gasteiger partial charge in [-0.25, -0.2) is 9.79 Å². The number of nitrogens with zero attached hydrogens (tertiary/aromatic N) is 1. The van der Waals surface area contributed by atoms with Gasteiger partial charge in [-0.3, -0.25) is 10.1 Å². The van der Waals surface area contributed by atoms with Crippen LogP contribution in [-0.2, 0) is 4.79 Å². The maximum absolute atomic E-state index is 10.6. The largest absolute Gasteiger partial charge is 0.347 e. The Morgan fingerprint density at radius 2 is 2.00 bits per heavy atom. The van der Waals surface area contributed by atoms with Crippen LogP contribution >= 0.6 is 0 Å². The predicted octanol–water partition coefficient (Wildman–Crippen LogP) is 0.969. The topological polar surface area (TPSA) is 58.5 Å². The Balaban J connectivity index is 0.000000461. The van der Waals surface area contributed by atoms with Gasteiger partial charge in [-0.15, -0.1) is 0 Å². The van der Waals surface area contributed by atoms with Gasteiger partial charge in [0.1, 0.15) is 0 Å². The van der Waals surface area contributed by atoms with Crippen LogP contribution in [0, 0.1) is 5.92 Å². The van der Waals surface area contributed by atoms with E-state index in [1.54, 1.807) is 6.92 Å². The van der Waals surface area contributed by atoms with Gasteiger partial charge in [0.2, 0.25) is 5.91 Å². The Kier molecular flexibility index (Phi) is 4.10. The molecule has 0 aromatic rings. The van der Waals surface area contributed by atoms with Gasteiger partial charge in [0.25, 0.3) is 0 Å². The number of imide groups is 1. The lowest BCUT2D eigenvalue weighted by molar-refractivity contribution is -0.121. The zero-order valence-corrected chi connectivity index (χ0v) is 6.92. The van der Waals surface area contributed by atoms with Crippen molar-refractivity contribution >= 4 is 18.2 Å². The van der Waals surface area contributed by atoms with Gasteiger partial charge in [-0.05, 0) is 6.92 Å². The summed E-state index contributed by atoms with van der Waals surface area (Å²) in [5.74, 6) is -0.558. The van der Waals surface area contributed by atoms with Crippen molar-refractivity contribution in [3.63, 3.8) is 0 Å². The molecule has 4 nitrogen and oxygen atoms in total. The number of rotatable bonds is 0. The molecule has 0 aliphatic carbocycles. The Bertz CT molecular complexity index is 187. The fraction of sp³-hybridized carbons (Fsp3) is 0.571. The highest BCUT2D eigenvalue weighted by Crippen LogP contribution is 1.95. The molecule has 4 heteroatoms. The summed E-state index contributed by atoms with van der Waals surface area (Å²) in [6.45, 7) is 5.67. The first-order valence-electron chi connectivity index (χ1n) is 3.59. The van der Waals surface area contributed by atoms with Crippen LogP contribution in [0.4, 0.5) is 4.79 Å². The molecule has 62 valence electrons. The molecule has 1 atom stereocenters. The second-order valence-corrected chi connectivity index (χ2v) is 1.86. The normalized spacial score (nSPS) is 21.9. The number of carbonyl (C=O) groups is 2. The first-order chi connectivity index (χ1) is 5.20. The van der Waals surface area contributed by atoms with Crippen molar-refractivity contribution < 1.29 is 9.59 Å². The molecule has 0 aromatic heterocycles. The van der Waals surface area contributed by atoms with Crippen molar-refractivity contribution in [2.45, 2.75) is 20.8 Å². The third kappa shape index (κ3) is 2.93. The number of hydrogen-bond acceptors (Lipinski definition) is 2. The highest BCUT2D eigenvalue weighted by atomic mass is 16.2. The van der Waals surface area contributed by atoms with Crippen molar-refractivity contribution in [2.24, 2.45) is 10.9 Å². The van der Waals surface area contributed by atoms with E-state index in [4.69, 9.17) is 0 Å². The van der Waals surface area contributed by atoms with E-state index in [9.17, 15) is 9.59 Å². The minimum atomic E-state index is -0.571. The molecule has 11 heavy (non-hydrogen) atoms. The van der Waals surface area contributed by atoms with Crippen molar-refractivity contribution in [3.05, 3.63) is 0 Å². The molecular weight excluding hydrogens is 144 g/mol. The van der Waals surface area contributed by atoms with E-state index in [2.05, 4.69) is 10.3 Å². The lowest BCUT2D eigenvalue weighted by atomic mass is 10.2. The summed E-state index contributed by atoms with van der Waals surface area (Å²) >= 11 is 0. The highest BCUT2D eigenvalue weighted by Gasteiger charge is 2.17. The van der Waals surface area contributed by atoms with Crippen molar-refractivity contribution in [3.8, 4) is 0 Å². The molecule has 0 radical (unpaired) electrons. The standard InChI is InChI=1S/C5H6N2O2.C2H6/c1-3-2-6-5(9)7-4(3)8;1-2/h2-3H,1H3,(H,7,8,9);1-2H3. The lowest BCUT2D eigenvalue weighted by Gasteiger charge is -2.08. The van der Waals surface area contributed by atoms with Crippen LogP contribution in [0.25, 0.3) is 0 Å². The lowest BCUT2D eigenvalue weighted by Crippen LogP contribution is -2.37. The summed E-state index contributed by atoms with van der Waals surface area (Å²) < 4.78 is 0. The van der Waals surface area contributed by atoms with E-state index in [1.807, 2.05) is 13.8 Å². The molecule has 0 bridgehead atoms. The predicted molar refractivity (Wildman–Crippen MR) is 42.5 cm³/mol. The van der Waals surface area contributed by atoms with Crippen LogP contribution in [0.1, 0.15) is 20.8 Å². The van der Waals surface area contributed by atoms with Gasteiger partial charge >= 0.3 is 6.03 Å². The van der Waals surface area contributed by atoms with E-state index in [0.717, 1.165) is 0 Å². The Morgan fingerprint density at radius 3 is 2.36 bits per heavy atom. The number of urea groups is 1. The maximum atomic E-state index is 10.6. The number of aliphatic imine (C=N–C) groups is 1. The second-order valence-electron chi connectivity index (χ2n) is 1.86. The zero-order chi connectivity index (χ0) is 8.85. The monoisotopic (exact) mass is 156 g/mol. The van der Waals surface area contributed by atoms with Gasteiger partial charge in [-0.1, -0.05) is 13.8 Å². The minimum absolute atomic E-state index is 0.275. The van der Waals surface area contributed by atoms with Gasteiger partial charge in [0.15, 0.2) is 0 Å². The smallest absolute Gasteiger partial charge is 0.276 e. The molecule has 1 N–H and O–H groups in total. The number of hydrogen-bond donors (Lipinski definition) is 1. The third-order valence-electron chi connectivity index (χ3n) is 1.06. The van der Waals surface area contributed by atoms with Gasteiger partial charge in [0.05, 0.1) is 5.92 Å². The van der Waals surface area contributed by atoms with Crippen LogP contribution in [0.15, 0.2) is 4.99 Å². The van der Waals surface area contributed by atoms with Crippen molar-refractivity contribution in [1.29, 1.82) is 0 Å². The number of amides is 3. The Hall–Kier alpha value is -1.19. The molecule has 1 heterocycles. The van der Waals surface area contributed by atoms with Gasteiger partial charge in [0, 0.05) is 6.21 Å². The Morgan fingerprint density at radius 1 is 1.45 bits per heavy atom. The summed E-state index contributed by atoms with van der Waals surface area (Å²) in [4.78, 5) is 24.2. The van der Waals surface area contributed by atoms with Crippen LogP contribution in [0.2, 0.25) is 0 Å². The first kappa shape index (κ1) is 9.81. The summed E-state index contributed by atoms with van der Waals surface area (Å²) in [5, 5.41) is 2.05. The second kappa shape index (κ2) is 4.60. The summed E-state index contributed by atoms with van der Waals surface area (Å²) in [6, 6.07) is -0.571.